The van der Waals surface area contributed by atoms with Crippen LogP contribution in [0.5, 0.6) is 0 Å². The van der Waals surface area contributed by atoms with Crippen molar-refractivity contribution >= 4 is 29.9 Å². The molecule has 1 aromatic heterocycles. The highest BCUT2D eigenvalue weighted by Gasteiger charge is 2.26. The Morgan fingerprint density at radius 3 is 3.17 bits per heavy atom. The Morgan fingerprint density at radius 2 is 2.35 bits per heavy atom. The summed E-state index contributed by atoms with van der Waals surface area (Å²) >= 11 is 6.89. The van der Waals surface area contributed by atoms with Gasteiger partial charge in [-0.1, -0.05) is 24.3 Å². The molecular weight excluding hydrogens is 328 g/mol. The number of nitrogens with one attached hydrogen (secondary N) is 2. The minimum Gasteiger partial charge on any atom is -0.354 e. The second-order valence-electron chi connectivity index (χ2n) is 5.43. The normalized spacial score (nSPS) is 16.8. The number of benzene rings is 1. The highest BCUT2D eigenvalue weighted by molar-refractivity contribution is 8.00. The Kier molecular flexibility index (Phi) is 5.17. The molecule has 23 heavy (non-hydrogen) atoms. The highest BCUT2D eigenvalue weighted by atomic mass is 32.2. The van der Waals surface area contributed by atoms with Crippen molar-refractivity contribution in [3.8, 4) is 0 Å². The number of aromatic amines is 1. The van der Waals surface area contributed by atoms with Crippen molar-refractivity contribution in [3.05, 3.63) is 46.0 Å². The quantitative estimate of drug-likeness (QED) is 0.816. The number of aryl methyl sites for hydroxylation is 1. The first-order chi connectivity index (χ1) is 11.2. The lowest BCUT2D eigenvalue weighted by molar-refractivity contribution is -0.120. The fourth-order valence-electron chi connectivity index (χ4n) is 2.87. The summed E-state index contributed by atoms with van der Waals surface area (Å²) < 4.78 is 2.58. The van der Waals surface area contributed by atoms with E-state index in [-0.39, 0.29) is 11.2 Å². The standard InChI is InChI=1S/C16H20N4OS2/c1-2-20-13(18-19-16(20)22)7-9-17-15(21)14-12-6-4-3-5-11(12)8-10-23-14/h3-6,14H,2,7-10H2,1H3,(H,17,21)(H,19,22). The van der Waals surface area contributed by atoms with Crippen molar-refractivity contribution in [1.82, 2.24) is 20.1 Å². The highest BCUT2D eigenvalue weighted by Crippen LogP contribution is 2.36. The van der Waals surface area contributed by atoms with E-state index in [0.717, 1.165) is 30.1 Å². The molecule has 1 aliphatic heterocycles. The maximum atomic E-state index is 12.5. The van der Waals surface area contributed by atoms with E-state index in [9.17, 15) is 4.79 Å². The summed E-state index contributed by atoms with van der Waals surface area (Å²) in [6, 6.07) is 8.23. The summed E-state index contributed by atoms with van der Waals surface area (Å²) in [5, 5.41) is 9.96. The van der Waals surface area contributed by atoms with Gasteiger partial charge in [0.1, 0.15) is 11.1 Å². The van der Waals surface area contributed by atoms with Crippen LogP contribution in [0, 0.1) is 4.77 Å². The van der Waals surface area contributed by atoms with Crippen molar-refractivity contribution in [1.29, 1.82) is 0 Å². The maximum Gasteiger partial charge on any atom is 0.237 e. The van der Waals surface area contributed by atoms with Gasteiger partial charge in [-0.2, -0.15) is 5.10 Å². The molecule has 0 saturated heterocycles. The number of aromatic nitrogens is 3. The second kappa shape index (κ2) is 7.31. The van der Waals surface area contributed by atoms with E-state index >= 15 is 0 Å². The SMILES string of the molecule is CCn1c(CCNC(=O)C2SCCc3ccccc32)n[nH]c1=S. The molecule has 1 unspecified atom stereocenters. The van der Waals surface area contributed by atoms with Crippen LogP contribution in [0.25, 0.3) is 0 Å². The van der Waals surface area contributed by atoms with Gasteiger partial charge in [0.05, 0.1) is 0 Å². The molecule has 0 radical (unpaired) electrons. The smallest absolute Gasteiger partial charge is 0.237 e. The third kappa shape index (κ3) is 3.50. The molecular formula is C16H20N4OS2. The van der Waals surface area contributed by atoms with Crippen molar-refractivity contribution in [2.75, 3.05) is 12.3 Å². The van der Waals surface area contributed by atoms with Crippen LogP contribution < -0.4 is 5.32 Å². The van der Waals surface area contributed by atoms with Crippen molar-refractivity contribution in [2.24, 2.45) is 0 Å². The van der Waals surface area contributed by atoms with Crippen LogP contribution in [0.15, 0.2) is 24.3 Å². The zero-order valence-corrected chi connectivity index (χ0v) is 14.7. The van der Waals surface area contributed by atoms with Crippen molar-refractivity contribution in [3.63, 3.8) is 0 Å². The first-order valence-corrected chi connectivity index (χ1v) is 9.27. The number of nitrogens with zero attached hydrogens (tertiary/aromatic N) is 2. The summed E-state index contributed by atoms with van der Waals surface area (Å²) in [5.74, 6) is 1.96. The van der Waals surface area contributed by atoms with Crippen LogP contribution in [-0.4, -0.2) is 33.0 Å². The molecule has 0 spiro atoms. The lowest BCUT2D eigenvalue weighted by atomic mass is 10.0. The monoisotopic (exact) mass is 348 g/mol. The number of carbonyl (C=O) groups is 1. The number of H-pyrrole nitrogens is 1. The van der Waals surface area contributed by atoms with E-state index in [0.29, 0.717) is 17.7 Å². The number of hydrogen-bond donors (Lipinski definition) is 2. The molecule has 5 nitrogen and oxygen atoms in total. The van der Waals surface area contributed by atoms with Gasteiger partial charge in [0, 0.05) is 19.5 Å². The number of thioether (sulfide) groups is 1. The molecule has 1 aromatic carbocycles. The first-order valence-electron chi connectivity index (χ1n) is 7.82. The molecule has 3 rings (SSSR count). The average molecular weight is 348 g/mol. The number of rotatable bonds is 5. The Balaban J connectivity index is 1.61. The molecule has 7 heteroatoms. The second-order valence-corrected chi connectivity index (χ2v) is 7.03. The molecule has 1 aliphatic rings. The first kappa shape index (κ1) is 16.3. The minimum absolute atomic E-state index is 0.0827. The molecule has 0 fully saturated rings. The number of amides is 1. The Labute approximate surface area is 144 Å². The van der Waals surface area contributed by atoms with E-state index in [2.05, 4.69) is 27.6 Å². The molecule has 2 N–H and O–H groups in total. The molecule has 1 amide bonds. The zero-order valence-electron chi connectivity index (χ0n) is 13.0. The third-order valence-electron chi connectivity index (χ3n) is 4.03. The van der Waals surface area contributed by atoms with Gasteiger partial charge in [0.2, 0.25) is 5.91 Å². The molecule has 2 aromatic rings. The number of fused-ring (bicyclic) bond motifs is 1. The Hall–Kier alpha value is -1.60. The zero-order chi connectivity index (χ0) is 16.2. The molecule has 0 saturated carbocycles. The number of hydrogen-bond acceptors (Lipinski definition) is 4. The van der Waals surface area contributed by atoms with Gasteiger partial charge in [0.15, 0.2) is 4.77 Å². The van der Waals surface area contributed by atoms with Gasteiger partial charge in [-0.25, -0.2) is 0 Å². The number of carbonyl (C=O) groups excluding carboxylic acids is 1. The van der Waals surface area contributed by atoms with Gasteiger partial charge in [-0.3, -0.25) is 9.89 Å². The van der Waals surface area contributed by atoms with Crippen LogP contribution in [0.3, 0.4) is 0 Å². The van der Waals surface area contributed by atoms with Crippen LogP contribution in [-0.2, 0) is 24.2 Å². The molecule has 122 valence electrons. The molecule has 2 heterocycles. The topological polar surface area (TPSA) is 62.7 Å². The van der Waals surface area contributed by atoms with Gasteiger partial charge in [-0.15, -0.1) is 11.8 Å². The lowest BCUT2D eigenvalue weighted by Crippen LogP contribution is -2.32. The Morgan fingerprint density at radius 1 is 1.52 bits per heavy atom. The van der Waals surface area contributed by atoms with E-state index in [4.69, 9.17) is 12.2 Å². The van der Waals surface area contributed by atoms with Gasteiger partial charge < -0.3 is 9.88 Å². The minimum atomic E-state index is -0.105. The molecule has 0 bridgehead atoms. The fraction of sp³-hybridized carbons (Fsp3) is 0.438. The maximum absolute atomic E-state index is 12.5. The molecule has 1 atom stereocenters. The lowest BCUT2D eigenvalue weighted by Gasteiger charge is -2.24. The van der Waals surface area contributed by atoms with E-state index in [1.807, 2.05) is 23.6 Å². The Bertz CT molecular complexity index is 753. The third-order valence-corrected chi connectivity index (χ3v) is 5.59. The summed E-state index contributed by atoms with van der Waals surface area (Å²) in [6.45, 7) is 3.38. The average Bonchev–Trinajstić information content (AvgIpc) is 2.94. The van der Waals surface area contributed by atoms with Gasteiger partial charge >= 0.3 is 0 Å². The van der Waals surface area contributed by atoms with Crippen LogP contribution in [0.4, 0.5) is 0 Å². The van der Waals surface area contributed by atoms with Gasteiger partial charge in [-0.05, 0) is 42.4 Å². The van der Waals surface area contributed by atoms with E-state index in [1.54, 1.807) is 11.8 Å². The predicted molar refractivity (Wildman–Crippen MR) is 95.1 cm³/mol. The molecule has 0 aliphatic carbocycles. The summed E-state index contributed by atoms with van der Waals surface area (Å²) in [6.07, 6.45) is 1.71. The van der Waals surface area contributed by atoms with Crippen LogP contribution in [0.2, 0.25) is 0 Å². The van der Waals surface area contributed by atoms with Gasteiger partial charge in [0.25, 0.3) is 0 Å². The van der Waals surface area contributed by atoms with E-state index in [1.165, 1.54) is 5.56 Å². The van der Waals surface area contributed by atoms with Crippen LogP contribution >= 0.6 is 24.0 Å². The summed E-state index contributed by atoms with van der Waals surface area (Å²) in [7, 11) is 0. The summed E-state index contributed by atoms with van der Waals surface area (Å²) in [5.41, 5.74) is 2.44. The van der Waals surface area contributed by atoms with Crippen molar-refractivity contribution in [2.45, 2.75) is 31.6 Å². The van der Waals surface area contributed by atoms with Crippen LogP contribution in [0.1, 0.15) is 29.1 Å². The summed E-state index contributed by atoms with van der Waals surface area (Å²) in [4.78, 5) is 12.5. The van der Waals surface area contributed by atoms with Crippen molar-refractivity contribution < 1.29 is 4.79 Å². The predicted octanol–water partition coefficient (Wildman–Crippen LogP) is 2.65. The fourth-order valence-corrected chi connectivity index (χ4v) is 4.37. The largest absolute Gasteiger partial charge is 0.354 e. The van der Waals surface area contributed by atoms with E-state index < -0.39 is 0 Å².